The van der Waals surface area contributed by atoms with E-state index in [2.05, 4.69) is 5.32 Å². The van der Waals surface area contributed by atoms with Crippen molar-refractivity contribution in [2.45, 2.75) is 13.0 Å². The van der Waals surface area contributed by atoms with Crippen LogP contribution in [0.5, 0.6) is 0 Å². The topological polar surface area (TPSA) is 95.6 Å². The maximum atomic E-state index is 10.8. The minimum Gasteiger partial charge on any atom is -0.394 e. The van der Waals surface area contributed by atoms with Gasteiger partial charge in [-0.25, -0.2) is 0 Å². The monoisotopic (exact) mass is 226 g/mol. The van der Waals surface area contributed by atoms with Gasteiger partial charge >= 0.3 is 0 Å². The zero-order valence-corrected chi connectivity index (χ0v) is 8.88. The van der Waals surface area contributed by atoms with Gasteiger partial charge in [0.15, 0.2) is 0 Å². The molecule has 0 aliphatic carbocycles. The number of nitrogens with zero attached hydrogens (tertiary/aromatic N) is 1. The molecule has 0 atom stereocenters. The summed E-state index contributed by atoms with van der Waals surface area (Å²) >= 11 is 0. The summed E-state index contributed by atoms with van der Waals surface area (Å²) in [5, 5.41) is 31.2. The fourth-order valence-corrected chi connectivity index (χ4v) is 1.28. The van der Waals surface area contributed by atoms with Gasteiger partial charge in [-0.05, 0) is 18.6 Å². The summed E-state index contributed by atoms with van der Waals surface area (Å²) in [7, 11) is 0. The maximum absolute atomic E-state index is 10.8. The molecule has 0 aromatic heterocycles. The van der Waals surface area contributed by atoms with E-state index in [0.717, 1.165) is 5.56 Å². The highest BCUT2D eigenvalue weighted by atomic mass is 16.6. The van der Waals surface area contributed by atoms with Gasteiger partial charge in [0.25, 0.3) is 5.69 Å². The van der Waals surface area contributed by atoms with Crippen LogP contribution in [0.25, 0.3) is 0 Å². The predicted molar refractivity (Wildman–Crippen MR) is 59.4 cm³/mol. The Morgan fingerprint density at radius 3 is 2.56 bits per heavy atom. The van der Waals surface area contributed by atoms with E-state index in [1.807, 2.05) is 0 Å². The zero-order chi connectivity index (χ0) is 12.1. The summed E-state index contributed by atoms with van der Waals surface area (Å²) in [4.78, 5) is 10.3. The van der Waals surface area contributed by atoms with Crippen molar-refractivity contribution < 1.29 is 15.1 Å². The molecule has 6 nitrogen and oxygen atoms in total. The van der Waals surface area contributed by atoms with E-state index in [4.69, 9.17) is 10.2 Å². The van der Waals surface area contributed by atoms with Crippen LogP contribution in [0.4, 0.5) is 11.4 Å². The fourth-order valence-electron chi connectivity index (χ4n) is 1.28. The van der Waals surface area contributed by atoms with Crippen LogP contribution in [-0.2, 0) is 0 Å². The van der Waals surface area contributed by atoms with Crippen molar-refractivity contribution >= 4 is 11.4 Å². The molecule has 1 aromatic rings. The number of nitrogens with one attached hydrogen (secondary N) is 1. The molecular formula is C10H14N2O4. The number of aryl methyl sites for hydroxylation is 1. The molecular weight excluding hydrogens is 212 g/mol. The largest absolute Gasteiger partial charge is 0.394 e. The maximum Gasteiger partial charge on any atom is 0.292 e. The summed E-state index contributed by atoms with van der Waals surface area (Å²) in [5.41, 5.74) is 1.01. The number of aliphatic hydroxyl groups excluding tert-OH is 2. The standard InChI is InChI=1S/C10H14N2O4/c1-7-2-3-9(10(4-7)12(15)16)11-8(5-13)6-14/h2-4,8,11,13-14H,5-6H2,1H3. The van der Waals surface area contributed by atoms with Crippen molar-refractivity contribution in [3.05, 3.63) is 33.9 Å². The first-order chi connectivity index (χ1) is 7.58. The normalized spacial score (nSPS) is 10.5. The summed E-state index contributed by atoms with van der Waals surface area (Å²) < 4.78 is 0. The lowest BCUT2D eigenvalue weighted by atomic mass is 10.2. The molecule has 0 aliphatic rings. The molecule has 0 saturated heterocycles. The first kappa shape index (κ1) is 12.4. The van der Waals surface area contributed by atoms with E-state index in [-0.39, 0.29) is 18.9 Å². The summed E-state index contributed by atoms with van der Waals surface area (Å²) in [6.07, 6.45) is 0. The van der Waals surface area contributed by atoms with E-state index in [1.54, 1.807) is 19.1 Å². The molecule has 1 rings (SSSR count). The smallest absolute Gasteiger partial charge is 0.292 e. The quantitative estimate of drug-likeness (QED) is 0.506. The average Bonchev–Trinajstić information content (AvgIpc) is 2.27. The molecule has 0 saturated carbocycles. The van der Waals surface area contributed by atoms with E-state index in [0.29, 0.717) is 5.69 Å². The van der Waals surface area contributed by atoms with Gasteiger partial charge in [0.1, 0.15) is 5.69 Å². The Kier molecular flexibility index (Phi) is 4.21. The second-order valence-electron chi connectivity index (χ2n) is 3.48. The second-order valence-corrected chi connectivity index (χ2v) is 3.48. The highest BCUT2D eigenvalue weighted by Crippen LogP contribution is 2.25. The van der Waals surface area contributed by atoms with Gasteiger partial charge < -0.3 is 15.5 Å². The van der Waals surface area contributed by atoms with Gasteiger partial charge in [-0.1, -0.05) is 6.07 Å². The van der Waals surface area contributed by atoms with Crippen LogP contribution >= 0.6 is 0 Å². The van der Waals surface area contributed by atoms with Gasteiger partial charge in [-0.3, -0.25) is 10.1 Å². The first-order valence-electron chi connectivity index (χ1n) is 4.81. The fraction of sp³-hybridized carbons (Fsp3) is 0.400. The SMILES string of the molecule is Cc1ccc(NC(CO)CO)c([N+](=O)[O-])c1. The molecule has 0 radical (unpaired) electrons. The number of aliphatic hydroxyl groups is 2. The Morgan fingerprint density at radius 2 is 2.06 bits per heavy atom. The predicted octanol–water partition coefficient (Wildman–Crippen LogP) is 0.668. The summed E-state index contributed by atoms with van der Waals surface area (Å²) in [5.74, 6) is 0. The molecule has 6 heteroatoms. The number of hydrogen-bond acceptors (Lipinski definition) is 5. The number of anilines is 1. The third-order valence-corrected chi connectivity index (χ3v) is 2.15. The van der Waals surface area contributed by atoms with E-state index < -0.39 is 11.0 Å². The number of hydrogen-bond donors (Lipinski definition) is 3. The van der Waals surface area contributed by atoms with Crippen LogP contribution in [-0.4, -0.2) is 34.4 Å². The van der Waals surface area contributed by atoms with Crippen molar-refractivity contribution in [1.82, 2.24) is 0 Å². The Hall–Kier alpha value is -1.66. The van der Waals surface area contributed by atoms with Crippen LogP contribution in [0, 0.1) is 17.0 Å². The molecule has 0 bridgehead atoms. The molecule has 16 heavy (non-hydrogen) atoms. The van der Waals surface area contributed by atoms with Crippen molar-refractivity contribution in [1.29, 1.82) is 0 Å². The minimum absolute atomic E-state index is 0.0631. The molecule has 0 unspecified atom stereocenters. The highest BCUT2D eigenvalue weighted by Gasteiger charge is 2.16. The van der Waals surface area contributed by atoms with Crippen LogP contribution in [0.2, 0.25) is 0 Å². The van der Waals surface area contributed by atoms with Gasteiger partial charge in [-0.2, -0.15) is 0 Å². The molecule has 0 amide bonds. The molecule has 0 spiro atoms. The lowest BCUT2D eigenvalue weighted by Gasteiger charge is -2.14. The van der Waals surface area contributed by atoms with Crippen LogP contribution in [0.3, 0.4) is 0 Å². The van der Waals surface area contributed by atoms with Gasteiger partial charge in [0, 0.05) is 6.07 Å². The highest BCUT2D eigenvalue weighted by molar-refractivity contribution is 5.63. The van der Waals surface area contributed by atoms with Gasteiger partial charge in [-0.15, -0.1) is 0 Å². The molecule has 1 aromatic carbocycles. The molecule has 88 valence electrons. The van der Waals surface area contributed by atoms with Crippen LogP contribution in [0.1, 0.15) is 5.56 Å². The Balaban J connectivity index is 2.98. The van der Waals surface area contributed by atoms with E-state index >= 15 is 0 Å². The van der Waals surface area contributed by atoms with Crippen molar-refractivity contribution in [2.75, 3.05) is 18.5 Å². The molecule has 0 aliphatic heterocycles. The molecule has 3 N–H and O–H groups in total. The number of rotatable bonds is 5. The average molecular weight is 226 g/mol. The second kappa shape index (κ2) is 5.43. The third-order valence-electron chi connectivity index (χ3n) is 2.15. The third kappa shape index (κ3) is 2.91. The van der Waals surface area contributed by atoms with E-state index in [1.165, 1.54) is 6.07 Å². The Bertz CT molecular complexity index is 377. The number of nitro benzene ring substituents is 1. The number of nitro groups is 1. The van der Waals surface area contributed by atoms with Crippen molar-refractivity contribution in [3.8, 4) is 0 Å². The summed E-state index contributed by atoms with van der Waals surface area (Å²) in [6, 6.07) is 4.13. The summed E-state index contributed by atoms with van der Waals surface area (Å²) in [6.45, 7) is 1.18. The van der Waals surface area contributed by atoms with E-state index in [9.17, 15) is 10.1 Å². The Labute approximate surface area is 92.7 Å². The number of benzene rings is 1. The minimum atomic E-state index is -0.596. The lowest BCUT2D eigenvalue weighted by Crippen LogP contribution is -2.27. The Morgan fingerprint density at radius 1 is 1.44 bits per heavy atom. The molecule has 0 heterocycles. The first-order valence-corrected chi connectivity index (χ1v) is 4.81. The lowest BCUT2D eigenvalue weighted by molar-refractivity contribution is -0.384. The van der Waals surface area contributed by atoms with Crippen LogP contribution in [0.15, 0.2) is 18.2 Å². The molecule has 0 fully saturated rings. The van der Waals surface area contributed by atoms with Gasteiger partial charge in [0.2, 0.25) is 0 Å². The zero-order valence-electron chi connectivity index (χ0n) is 8.88. The van der Waals surface area contributed by atoms with Crippen molar-refractivity contribution in [3.63, 3.8) is 0 Å². The van der Waals surface area contributed by atoms with Crippen LogP contribution < -0.4 is 5.32 Å². The van der Waals surface area contributed by atoms with Gasteiger partial charge in [0.05, 0.1) is 24.2 Å². The van der Waals surface area contributed by atoms with Crippen molar-refractivity contribution in [2.24, 2.45) is 0 Å².